The van der Waals surface area contributed by atoms with Gasteiger partial charge in [-0.2, -0.15) is 0 Å². The maximum Gasteiger partial charge on any atom is 0.262 e. The number of hydrogen-bond acceptors (Lipinski definition) is 9. The van der Waals surface area contributed by atoms with Gasteiger partial charge < -0.3 is 19.6 Å². The molecule has 11 nitrogen and oxygen atoms in total. The standard InChI is InChI=1S/C44H44FN5O6/c45-36-22-29(41-33-10-8-31(51)24-39(33)56-26-35(41)28-4-2-1-3-5-28)6-11-37(36)49-16-14-27(15-17-49)25-47-18-20-48(21-19-47)30-7-9-32-34(23-30)44(55)50(43(32)54)38-12-13-40(52)46-42(38)53/h1-11,22-24,27,35,38,41,51H,12-21,25-26H2,(H,46,52,53). The molecule has 3 saturated heterocycles. The summed E-state index contributed by atoms with van der Waals surface area (Å²) in [6.45, 7) is 6.25. The van der Waals surface area contributed by atoms with Gasteiger partial charge in [0.25, 0.3) is 11.8 Å². The number of amides is 4. The normalized spacial score (nSPS) is 23.2. The summed E-state index contributed by atoms with van der Waals surface area (Å²) in [5.74, 6) is -1.08. The number of carbonyl (C=O) groups is 4. The Morgan fingerprint density at radius 1 is 0.750 bits per heavy atom. The molecule has 5 aliphatic heterocycles. The van der Waals surface area contributed by atoms with Gasteiger partial charge in [0.05, 0.1) is 23.4 Å². The van der Waals surface area contributed by atoms with E-state index in [1.807, 2.05) is 36.4 Å². The van der Waals surface area contributed by atoms with Crippen LogP contribution >= 0.6 is 0 Å². The molecular formula is C44H44FN5O6. The van der Waals surface area contributed by atoms with Gasteiger partial charge >= 0.3 is 0 Å². The Balaban J connectivity index is 0.802. The van der Waals surface area contributed by atoms with E-state index in [1.54, 1.807) is 30.3 Å². The van der Waals surface area contributed by atoms with E-state index in [1.165, 1.54) is 0 Å². The molecule has 2 N–H and O–H groups in total. The quantitative estimate of drug-likeness (QED) is 0.243. The molecule has 9 rings (SSSR count). The van der Waals surface area contributed by atoms with Gasteiger partial charge in [0.2, 0.25) is 11.8 Å². The first-order valence-electron chi connectivity index (χ1n) is 19.6. The van der Waals surface area contributed by atoms with Gasteiger partial charge in [0, 0.05) is 81.4 Å². The van der Waals surface area contributed by atoms with Crippen molar-refractivity contribution in [2.75, 3.05) is 62.2 Å². The van der Waals surface area contributed by atoms with E-state index in [4.69, 9.17) is 4.74 Å². The number of benzene rings is 4. The average molecular weight is 758 g/mol. The van der Waals surface area contributed by atoms with Crippen molar-refractivity contribution in [3.63, 3.8) is 0 Å². The number of ether oxygens (including phenoxy) is 1. The summed E-state index contributed by atoms with van der Waals surface area (Å²) in [6.07, 6.45) is 2.16. The number of piperidine rings is 2. The number of phenolic OH excluding ortho intramolecular Hbond substituents is 1. The summed E-state index contributed by atoms with van der Waals surface area (Å²) >= 11 is 0. The lowest BCUT2D eigenvalue weighted by Gasteiger charge is -2.40. The Kier molecular flexibility index (Phi) is 9.44. The monoisotopic (exact) mass is 757 g/mol. The van der Waals surface area contributed by atoms with Crippen LogP contribution in [0.15, 0.2) is 84.9 Å². The molecule has 12 heteroatoms. The first-order valence-corrected chi connectivity index (χ1v) is 19.6. The van der Waals surface area contributed by atoms with Crippen molar-refractivity contribution in [2.24, 2.45) is 5.92 Å². The number of carbonyl (C=O) groups excluding carboxylic acids is 4. The zero-order valence-electron chi connectivity index (χ0n) is 31.0. The third kappa shape index (κ3) is 6.65. The summed E-state index contributed by atoms with van der Waals surface area (Å²) in [5, 5.41) is 12.4. The number of phenols is 1. The Bertz CT molecular complexity index is 2200. The van der Waals surface area contributed by atoms with Crippen LogP contribution in [0.1, 0.15) is 74.9 Å². The molecule has 0 aromatic heterocycles. The summed E-state index contributed by atoms with van der Waals surface area (Å²) in [4.78, 5) is 58.4. The molecule has 5 heterocycles. The van der Waals surface area contributed by atoms with E-state index in [0.29, 0.717) is 29.5 Å². The van der Waals surface area contributed by atoms with E-state index in [9.17, 15) is 24.3 Å². The number of fused-ring (bicyclic) bond motifs is 2. The van der Waals surface area contributed by atoms with E-state index in [2.05, 4.69) is 38.2 Å². The molecule has 4 aromatic carbocycles. The number of rotatable bonds is 7. The number of imide groups is 2. The van der Waals surface area contributed by atoms with Gasteiger partial charge in [-0.15, -0.1) is 0 Å². The second-order valence-electron chi connectivity index (χ2n) is 15.6. The smallest absolute Gasteiger partial charge is 0.262 e. The van der Waals surface area contributed by atoms with E-state index >= 15 is 4.39 Å². The molecule has 56 heavy (non-hydrogen) atoms. The summed E-state index contributed by atoms with van der Waals surface area (Å²) in [6, 6.07) is 25.4. The molecule has 288 valence electrons. The largest absolute Gasteiger partial charge is 0.508 e. The lowest BCUT2D eigenvalue weighted by molar-refractivity contribution is -0.136. The summed E-state index contributed by atoms with van der Waals surface area (Å²) < 4.78 is 22.2. The SMILES string of the molecule is O=C1CCC(N2C(=O)c3ccc(N4CCN(CC5CCN(c6ccc(C7c8ccc(O)cc8OCC7c7ccccc7)cc6F)CC5)CC4)cc3C2=O)C(=O)N1. The van der Waals surface area contributed by atoms with Gasteiger partial charge in [-0.25, -0.2) is 4.39 Å². The van der Waals surface area contributed by atoms with Crippen molar-refractivity contribution >= 4 is 35.0 Å². The lowest BCUT2D eigenvalue weighted by atomic mass is 9.76. The number of piperazine rings is 1. The molecular weight excluding hydrogens is 714 g/mol. The fourth-order valence-corrected chi connectivity index (χ4v) is 9.34. The molecule has 3 unspecified atom stereocenters. The van der Waals surface area contributed by atoms with Gasteiger partial charge in [-0.05, 0) is 72.7 Å². The van der Waals surface area contributed by atoms with Crippen LogP contribution in [0.4, 0.5) is 15.8 Å². The van der Waals surface area contributed by atoms with E-state index in [-0.39, 0.29) is 41.8 Å². The van der Waals surface area contributed by atoms with Crippen LogP contribution in [-0.4, -0.2) is 97.0 Å². The zero-order valence-corrected chi connectivity index (χ0v) is 31.0. The van der Waals surface area contributed by atoms with Crippen LogP contribution in [0.3, 0.4) is 0 Å². The van der Waals surface area contributed by atoms with Crippen LogP contribution in [0.25, 0.3) is 0 Å². The molecule has 0 spiro atoms. The minimum atomic E-state index is -0.981. The Labute approximate surface area is 324 Å². The third-order valence-electron chi connectivity index (χ3n) is 12.3. The van der Waals surface area contributed by atoms with Crippen molar-refractivity contribution < 1.29 is 33.4 Å². The second kappa shape index (κ2) is 14.7. The third-order valence-corrected chi connectivity index (χ3v) is 12.3. The molecule has 3 fully saturated rings. The molecule has 0 bridgehead atoms. The fraction of sp³-hybridized carbons (Fsp3) is 0.364. The predicted octanol–water partition coefficient (Wildman–Crippen LogP) is 5.28. The number of aromatic hydroxyl groups is 1. The first kappa shape index (κ1) is 35.9. The minimum Gasteiger partial charge on any atom is -0.508 e. The Morgan fingerprint density at radius 3 is 2.27 bits per heavy atom. The van der Waals surface area contributed by atoms with Crippen LogP contribution in [0.5, 0.6) is 11.5 Å². The summed E-state index contributed by atoms with van der Waals surface area (Å²) in [5.41, 5.74) is 5.03. The number of nitrogens with zero attached hydrogens (tertiary/aromatic N) is 4. The highest BCUT2D eigenvalue weighted by Gasteiger charge is 2.45. The minimum absolute atomic E-state index is 0.00259. The van der Waals surface area contributed by atoms with Crippen LogP contribution in [0, 0.1) is 11.7 Å². The van der Waals surface area contributed by atoms with Gasteiger partial charge in [-0.3, -0.25) is 34.3 Å². The van der Waals surface area contributed by atoms with Crippen molar-refractivity contribution in [1.29, 1.82) is 0 Å². The van der Waals surface area contributed by atoms with Crippen molar-refractivity contribution in [3.05, 3.63) is 119 Å². The Morgan fingerprint density at radius 2 is 1.52 bits per heavy atom. The molecule has 4 amide bonds. The number of anilines is 2. The maximum absolute atomic E-state index is 16.1. The first-order chi connectivity index (χ1) is 27.2. The van der Waals surface area contributed by atoms with Gasteiger partial charge in [0.1, 0.15) is 23.4 Å². The van der Waals surface area contributed by atoms with Crippen molar-refractivity contribution in [2.45, 2.75) is 43.6 Å². The maximum atomic E-state index is 16.1. The number of hydrogen-bond donors (Lipinski definition) is 2. The zero-order chi connectivity index (χ0) is 38.5. The van der Waals surface area contributed by atoms with Gasteiger partial charge in [0.15, 0.2) is 0 Å². The fourth-order valence-electron chi connectivity index (χ4n) is 9.34. The highest BCUT2D eigenvalue weighted by atomic mass is 19.1. The van der Waals surface area contributed by atoms with Gasteiger partial charge in [-0.1, -0.05) is 42.5 Å². The highest BCUT2D eigenvalue weighted by molar-refractivity contribution is 6.23. The van der Waals surface area contributed by atoms with Crippen LogP contribution < -0.4 is 19.9 Å². The predicted molar refractivity (Wildman–Crippen MR) is 208 cm³/mol. The van der Waals surface area contributed by atoms with E-state index < -0.39 is 29.7 Å². The summed E-state index contributed by atoms with van der Waals surface area (Å²) in [7, 11) is 0. The second-order valence-corrected chi connectivity index (χ2v) is 15.6. The molecule has 0 aliphatic carbocycles. The number of nitrogens with one attached hydrogen (secondary N) is 1. The van der Waals surface area contributed by atoms with E-state index in [0.717, 1.165) is 85.9 Å². The molecule has 0 radical (unpaired) electrons. The topological polar surface area (TPSA) is 123 Å². The molecule has 5 aliphatic rings. The van der Waals surface area contributed by atoms with Crippen molar-refractivity contribution in [1.82, 2.24) is 15.1 Å². The highest BCUT2D eigenvalue weighted by Crippen LogP contribution is 2.47. The van der Waals surface area contributed by atoms with Crippen molar-refractivity contribution in [3.8, 4) is 11.5 Å². The molecule has 0 saturated carbocycles. The number of halogens is 1. The van der Waals surface area contributed by atoms with Crippen LogP contribution in [0.2, 0.25) is 0 Å². The average Bonchev–Trinajstić information content (AvgIpc) is 3.46. The lowest BCUT2D eigenvalue weighted by Crippen LogP contribution is -2.54. The van der Waals surface area contributed by atoms with Crippen LogP contribution in [-0.2, 0) is 9.59 Å². The molecule has 3 atom stereocenters. The molecule has 4 aromatic rings. The Hall–Kier alpha value is -5.75.